The van der Waals surface area contributed by atoms with Gasteiger partial charge in [0.2, 0.25) is 0 Å². The standard InChI is InChI=1S/C10H13NO/c1-9(11-8-12-2)10-6-4-3-5-7-10/h3-7H,8H2,1-2H3. The molecule has 0 bridgehead atoms. The van der Waals surface area contributed by atoms with Crippen LogP contribution in [0.2, 0.25) is 0 Å². The second kappa shape index (κ2) is 4.67. The molecule has 1 aromatic rings. The van der Waals surface area contributed by atoms with Crippen LogP contribution in [0, 0.1) is 0 Å². The third kappa shape index (κ3) is 2.47. The molecule has 2 heteroatoms. The van der Waals surface area contributed by atoms with Gasteiger partial charge in [-0.3, -0.25) is 4.99 Å². The number of methoxy groups -OCH3 is 1. The first kappa shape index (κ1) is 8.94. The third-order valence-electron chi connectivity index (χ3n) is 1.62. The monoisotopic (exact) mass is 163 g/mol. The van der Waals surface area contributed by atoms with Crippen molar-refractivity contribution in [2.45, 2.75) is 6.92 Å². The average Bonchev–Trinajstić information content (AvgIpc) is 2.15. The number of ether oxygens (including phenoxy) is 1. The van der Waals surface area contributed by atoms with Gasteiger partial charge in [0.05, 0.1) is 0 Å². The molecule has 0 radical (unpaired) electrons. The molecule has 0 saturated heterocycles. The molecule has 0 atom stereocenters. The number of rotatable bonds is 3. The van der Waals surface area contributed by atoms with E-state index < -0.39 is 0 Å². The first-order chi connectivity index (χ1) is 5.84. The van der Waals surface area contributed by atoms with Crippen molar-refractivity contribution in [1.29, 1.82) is 0 Å². The molecule has 0 amide bonds. The predicted octanol–water partition coefficient (Wildman–Crippen LogP) is 2.10. The highest BCUT2D eigenvalue weighted by molar-refractivity contribution is 5.98. The number of benzene rings is 1. The number of hydrogen-bond donors (Lipinski definition) is 0. The Hall–Kier alpha value is -1.15. The summed E-state index contributed by atoms with van der Waals surface area (Å²) < 4.78 is 4.85. The molecular formula is C10H13NO. The van der Waals surface area contributed by atoms with E-state index in [1.165, 1.54) is 0 Å². The van der Waals surface area contributed by atoms with E-state index in [0.717, 1.165) is 11.3 Å². The number of nitrogens with zero attached hydrogens (tertiary/aromatic N) is 1. The van der Waals surface area contributed by atoms with Gasteiger partial charge in [0.15, 0.2) is 0 Å². The van der Waals surface area contributed by atoms with E-state index in [9.17, 15) is 0 Å². The van der Waals surface area contributed by atoms with Gasteiger partial charge >= 0.3 is 0 Å². The topological polar surface area (TPSA) is 21.6 Å². The van der Waals surface area contributed by atoms with Gasteiger partial charge in [-0.2, -0.15) is 0 Å². The fourth-order valence-corrected chi connectivity index (χ4v) is 0.932. The van der Waals surface area contributed by atoms with Gasteiger partial charge in [0, 0.05) is 12.8 Å². The summed E-state index contributed by atoms with van der Waals surface area (Å²) in [7, 11) is 1.64. The van der Waals surface area contributed by atoms with Crippen LogP contribution in [0.1, 0.15) is 12.5 Å². The normalized spacial score (nSPS) is 11.7. The second-order valence-electron chi connectivity index (χ2n) is 2.53. The van der Waals surface area contributed by atoms with E-state index in [4.69, 9.17) is 4.74 Å². The van der Waals surface area contributed by atoms with Crippen LogP contribution in [0.15, 0.2) is 35.3 Å². The molecule has 0 unspecified atom stereocenters. The van der Waals surface area contributed by atoms with Crippen LogP contribution < -0.4 is 0 Å². The van der Waals surface area contributed by atoms with Crippen molar-refractivity contribution in [3.05, 3.63) is 35.9 Å². The summed E-state index contributed by atoms with van der Waals surface area (Å²) in [6.07, 6.45) is 0. The van der Waals surface area contributed by atoms with E-state index in [-0.39, 0.29) is 0 Å². The SMILES string of the molecule is COCN=C(C)c1ccccc1. The number of hydrogen-bond acceptors (Lipinski definition) is 2. The quantitative estimate of drug-likeness (QED) is 0.625. The van der Waals surface area contributed by atoms with E-state index in [1.807, 2.05) is 37.3 Å². The molecular weight excluding hydrogens is 150 g/mol. The van der Waals surface area contributed by atoms with Crippen molar-refractivity contribution in [2.75, 3.05) is 13.8 Å². The zero-order valence-corrected chi connectivity index (χ0v) is 7.45. The third-order valence-corrected chi connectivity index (χ3v) is 1.62. The fraction of sp³-hybridized carbons (Fsp3) is 0.300. The van der Waals surface area contributed by atoms with E-state index in [0.29, 0.717) is 6.73 Å². The lowest BCUT2D eigenvalue weighted by Gasteiger charge is -1.99. The summed E-state index contributed by atoms with van der Waals surface area (Å²) >= 11 is 0. The van der Waals surface area contributed by atoms with Gasteiger partial charge in [0.1, 0.15) is 6.73 Å². The summed E-state index contributed by atoms with van der Waals surface area (Å²) in [5, 5.41) is 0. The Balaban J connectivity index is 2.71. The molecule has 0 heterocycles. The second-order valence-corrected chi connectivity index (χ2v) is 2.53. The minimum atomic E-state index is 0.431. The number of aliphatic imine (C=N–C) groups is 1. The zero-order valence-electron chi connectivity index (χ0n) is 7.45. The minimum absolute atomic E-state index is 0.431. The Morgan fingerprint density at radius 1 is 1.33 bits per heavy atom. The van der Waals surface area contributed by atoms with Crippen LogP contribution in [0.25, 0.3) is 0 Å². The molecule has 0 aliphatic rings. The van der Waals surface area contributed by atoms with Crippen LogP contribution in [0.3, 0.4) is 0 Å². The van der Waals surface area contributed by atoms with Gasteiger partial charge in [-0.1, -0.05) is 30.3 Å². The summed E-state index contributed by atoms with van der Waals surface area (Å²) in [6.45, 7) is 2.41. The maximum atomic E-state index is 4.85. The molecule has 0 aliphatic heterocycles. The molecule has 0 fully saturated rings. The van der Waals surface area contributed by atoms with E-state index in [2.05, 4.69) is 4.99 Å². The molecule has 64 valence electrons. The van der Waals surface area contributed by atoms with E-state index >= 15 is 0 Å². The van der Waals surface area contributed by atoms with Gasteiger partial charge < -0.3 is 4.74 Å². The Bertz CT molecular complexity index is 254. The van der Waals surface area contributed by atoms with Gasteiger partial charge in [-0.15, -0.1) is 0 Å². The van der Waals surface area contributed by atoms with Crippen molar-refractivity contribution in [3.63, 3.8) is 0 Å². The first-order valence-electron chi connectivity index (χ1n) is 3.90. The lowest BCUT2D eigenvalue weighted by Crippen LogP contribution is -1.96. The van der Waals surface area contributed by atoms with Crippen LogP contribution in [0.4, 0.5) is 0 Å². The van der Waals surface area contributed by atoms with E-state index in [1.54, 1.807) is 7.11 Å². The molecule has 0 aliphatic carbocycles. The highest BCUT2D eigenvalue weighted by Crippen LogP contribution is 2.00. The smallest absolute Gasteiger partial charge is 0.137 e. The molecule has 1 rings (SSSR count). The predicted molar refractivity (Wildman–Crippen MR) is 50.5 cm³/mol. The molecule has 0 aromatic heterocycles. The molecule has 2 nitrogen and oxygen atoms in total. The Morgan fingerprint density at radius 3 is 2.58 bits per heavy atom. The molecule has 0 saturated carbocycles. The first-order valence-corrected chi connectivity index (χ1v) is 3.90. The lowest BCUT2D eigenvalue weighted by molar-refractivity contribution is 0.209. The van der Waals surface area contributed by atoms with Crippen molar-refractivity contribution in [1.82, 2.24) is 0 Å². The van der Waals surface area contributed by atoms with Crippen molar-refractivity contribution < 1.29 is 4.74 Å². The molecule has 12 heavy (non-hydrogen) atoms. The lowest BCUT2D eigenvalue weighted by atomic mass is 10.1. The minimum Gasteiger partial charge on any atom is -0.363 e. The molecule has 1 aromatic carbocycles. The largest absolute Gasteiger partial charge is 0.363 e. The van der Waals surface area contributed by atoms with Crippen LogP contribution in [0.5, 0.6) is 0 Å². The van der Waals surface area contributed by atoms with Gasteiger partial charge in [-0.25, -0.2) is 0 Å². The Kier molecular flexibility index (Phi) is 3.48. The van der Waals surface area contributed by atoms with Crippen molar-refractivity contribution in [2.24, 2.45) is 4.99 Å². The summed E-state index contributed by atoms with van der Waals surface area (Å²) in [4.78, 5) is 4.21. The molecule has 0 spiro atoms. The zero-order chi connectivity index (χ0) is 8.81. The van der Waals surface area contributed by atoms with Crippen molar-refractivity contribution in [3.8, 4) is 0 Å². The van der Waals surface area contributed by atoms with Gasteiger partial charge in [0.25, 0.3) is 0 Å². The molecule has 0 N–H and O–H groups in total. The highest BCUT2D eigenvalue weighted by Gasteiger charge is 1.92. The Morgan fingerprint density at radius 2 is 2.00 bits per heavy atom. The van der Waals surface area contributed by atoms with Gasteiger partial charge in [-0.05, 0) is 12.5 Å². The highest BCUT2D eigenvalue weighted by atomic mass is 16.5. The summed E-state index contributed by atoms with van der Waals surface area (Å²) in [5.74, 6) is 0. The summed E-state index contributed by atoms with van der Waals surface area (Å²) in [5.41, 5.74) is 2.16. The maximum Gasteiger partial charge on any atom is 0.137 e. The average molecular weight is 163 g/mol. The maximum absolute atomic E-state index is 4.85. The summed E-state index contributed by atoms with van der Waals surface area (Å²) in [6, 6.07) is 10.1. The Labute approximate surface area is 72.9 Å². The van der Waals surface area contributed by atoms with Crippen LogP contribution in [-0.4, -0.2) is 19.6 Å². The fourth-order valence-electron chi connectivity index (χ4n) is 0.932. The van der Waals surface area contributed by atoms with Crippen LogP contribution >= 0.6 is 0 Å². The van der Waals surface area contributed by atoms with Crippen LogP contribution in [-0.2, 0) is 4.74 Å². The van der Waals surface area contributed by atoms with Crippen molar-refractivity contribution >= 4 is 5.71 Å².